The summed E-state index contributed by atoms with van der Waals surface area (Å²) in [7, 11) is 0. The molecule has 1 saturated carbocycles. The van der Waals surface area contributed by atoms with Crippen LogP contribution in [0, 0.1) is 25.2 Å². The molecule has 2 heterocycles. The van der Waals surface area contributed by atoms with Crippen LogP contribution in [-0.2, 0) is 11.3 Å². The number of allylic oxidation sites excluding steroid dienone is 1. The van der Waals surface area contributed by atoms with E-state index in [4.69, 9.17) is 5.73 Å². The quantitative estimate of drug-likeness (QED) is 0.419. The first-order valence-corrected chi connectivity index (χ1v) is 12.0. The summed E-state index contributed by atoms with van der Waals surface area (Å²) in [6.45, 7) is 3.72. The van der Waals surface area contributed by atoms with Gasteiger partial charge in [-0.25, -0.2) is 9.98 Å². The van der Waals surface area contributed by atoms with Gasteiger partial charge in [-0.15, -0.1) is 0 Å². The molecule has 7 nitrogen and oxygen atoms in total. The molecular formula is C27H31F2N5O2. The van der Waals surface area contributed by atoms with Crippen LogP contribution in [-0.4, -0.2) is 36.1 Å². The number of nitrogens with one attached hydrogen (secondary N) is 1. The number of benzene rings is 1. The van der Waals surface area contributed by atoms with Gasteiger partial charge in [0.15, 0.2) is 0 Å². The summed E-state index contributed by atoms with van der Waals surface area (Å²) in [5.41, 5.74) is 9.49. The molecule has 4 rings (SSSR count). The number of aliphatic imine (C=N–C) groups is 1. The lowest BCUT2D eigenvalue weighted by atomic mass is 9.83. The van der Waals surface area contributed by atoms with E-state index in [1.807, 2.05) is 19.1 Å². The minimum absolute atomic E-state index is 0.119. The smallest absolute Gasteiger partial charge is 0.331 e. The van der Waals surface area contributed by atoms with E-state index in [-0.39, 0.29) is 29.5 Å². The van der Waals surface area contributed by atoms with Gasteiger partial charge in [0.05, 0.1) is 5.41 Å². The minimum Gasteiger partial charge on any atom is -0.404 e. The second-order valence-corrected chi connectivity index (χ2v) is 9.82. The molecule has 0 radical (unpaired) electrons. The number of pyridine rings is 1. The van der Waals surface area contributed by atoms with Crippen LogP contribution in [0.5, 0.6) is 0 Å². The first-order chi connectivity index (χ1) is 17.1. The number of nitrogens with zero attached hydrogens (tertiary/aromatic N) is 3. The molecule has 2 fully saturated rings. The second kappa shape index (κ2) is 10.2. The molecule has 2 amide bonds. The Morgan fingerprint density at radius 2 is 2.03 bits per heavy atom. The minimum atomic E-state index is -2.83. The van der Waals surface area contributed by atoms with Gasteiger partial charge in [-0.2, -0.15) is 8.78 Å². The Balaban J connectivity index is 1.49. The molecule has 0 unspecified atom stereocenters. The van der Waals surface area contributed by atoms with Crippen LogP contribution < -0.4 is 16.0 Å². The third kappa shape index (κ3) is 5.45. The van der Waals surface area contributed by atoms with E-state index >= 15 is 0 Å². The largest absolute Gasteiger partial charge is 0.404 e. The highest BCUT2D eigenvalue weighted by Gasteiger charge is 2.52. The number of aryl methyl sites for hydroxylation is 2. The zero-order valence-electron chi connectivity index (χ0n) is 20.7. The van der Waals surface area contributed by atoms with Crippen molar-refractivity contribution >= 4 is 29.3 Å². The molecular weight excluding hydrogens is 464 g/mol. The summed E-state index contributed by atoms with van der Waals surface area (Å²) in [5, 5.41) is 2.87. The number of hydrogen-bond donors (Lipinski definition) is 2. The van der Waals surface area contributed by atoms with E-state index < -0.39 is 6.55 Å². The average Bonchev–Trinajstić information content (AvgIpc) is 3.64. The molecule has 9 heteroatoms. The van der Waals surface area contributed by atoms with Crippen molar-refractivity contribution in [2.75, 3.05) is 11.4 Å². The Morgan fingerprint density at radius 3 is 2.69 bits per heavy atom. The van der Waals surface area contributed by atoms with Crippen LogP contribution in [0.2, 0.25) is 0 Å². The zero-order chi connectivity index (χ0) is 26.0. The average molecular weight is 496 g/mol. The number of rotatable bonds is 8. The lowest BCUT2D eigenvalue weighted by Gasteiger charge is -2.23. The Bertz CT molecular complexity index is 1240. The standard InChI is InChI=1S/C27H31F2N5O2/c1-16-8-18(11-19(9-16)20(13-30)15-32-26(28)29)14-31-24(35)23-12-22(10-17(2)33-23)34-7-6-27(3,25(34)36)21-4-5-21/h8-13,15,21,26H,4-7,14,30H2,1-3H3,(H,31,35)/t27-/m0/s1. The third-order valence-electron chi connectivity index (χ3n) is 6.98. The van der Waals surface area contributed by atoms with Crippen molar-refractivity contribution in [2.45, 2.75) is 53.1 Å². The van der Waals surface area contributed by atoms with Crippen LogP contribution in [0.4, 0.5) is 14.5 Å². The molecule has 0 bridgehead atoms. The van der Waals surface area contributed by atoms with E-state index in [0.717, 1.165) is 36.6 Å². The number of halogens is 2. The predicted molar refractivity (Wildman–Crippen MR) is 136 cm³/mol. The zero-order valence-corrected chi connectivity index (χ0v) is 20.7. The molecule has 36 heavy (non-hydrogen) atoms. The van der Waals surface area contributed by atoms with Crippen molar-refractivity contribution in [3.8, 4) is 0 Å². The van der Waals surface area contributed by atoms with E-state index in [9.17, 15) is 18.4 Å². The van der Waals surface area contributed by atoms with Gasteiger partial charge >= 0.3 is 6.55 Å². The summed E-state index contributed by atoms with van der Waals surface area (Å²) in [5.74, 6) is 0.207. The lowest BCUT2D eigenvalue weighted by molar-refractivity contribution is -0.125. The van der Waals surface area contributed by atoms with E-state index in [2.05, 4.69) is 22.2 Å². The third-order valence-corrected chi connectivity index (χ3v) is 6.98. The van der Waals surface area contributed by atoms with Gasteiger partial charge in [-0.1, -0.05) is 24.6 Å². The fourth-order valence-corrected chi connectivity index (χ4v) is 4.88. The molecule has 1 aromatic heterocycles. The molecule has 2 aliphatic rings. The van der Waals surface area contributed by atoms with Crippen LogP contribution in [0.15, 0.2) is 41.5 Å². The molecule has 3 N–H and O–H groups in total. The maximum absolute atomic E-state index is 13.2. The monoisotopic (exact) mass is 495 g/mol. The van der Waals surface area contributed by atoms with Gasteiger partial charge in [0, 0.05) is 42.5 Å². The van der Waals surface area contributed by atoms with Crippen LogP contribution >= 0.6 is 0 Å². The maximum atomic E-state index is 13.2. The lowest BCUT2D eigenvalue weighted by Crippen LogP contribution is -2.34. The molecule has 1 aliphatic heterocycles. The molecule has 1 saturated heterocycles. The molecule has 1 atom stereocenters. The molecule has 190 valence electrons. The summed E-state index contributed by atoms with van der Waals surface area (Å²) in [6.07, 6.45) is 5.27. The van der Waals surface area contributed by atoms with Gasteiger partial charge in [0.25, 0.3) is 5.91 Å². The highest BCUT2D eigenvalue weighted by molar-refractivity contribution is 6.09. The van der Waals surface area contributed by atoms with Crippen molar-refractivity contribution in [2.24, 2.45) is 22.1 Å². The maximum Gasteiger partial charge on any atom is 0.331 e. The fraction of sp³-hybridized carbons (Fsp3) is 0.407. The fourth-order valence-electron chi connectivity index (χ4n) is 4.88. The van der Waals surface area contributed by atoms with Crippen LogP contribution in [0.1, 0.15) is 59.1 Å². The predicted octanol–water partition coefficient (Wildman–Crippen LogP) is 4.37. The first-order valence-electron chi connectivity index (χ1n) is 12.0. The summed E-state index contributed by atoms with van der Waals surface area (Å²) >= 11 is 0. The van der Waals surface area contributed by atoms with E-state index in [0.29, 0.717) is 35.0 Å². The summed E-state index contributed by atoms with van der Waals surface area (Å²) < 4.78 is 25.0. The van der Waals surface area contributed by atoms with Crippen molar-refractivity contribution in [1.29, 1.82) is 0 Å². The Hall–Kier alpha value is -3.62. The van der Waals surface area contributed by atoms with Gasteiger partial charge in [-0.05, 0) is 68.4 Å². The van der Waals surface area contributed by atoms with Gasteiger partial charge in [0.1, 0.15) is 5.69 Å². The Morgan fingerprint density at radius 1 is 1.28 bits per heavy atom. The SMILES string of the molecule is Cc1cc(CNC(=O)c2cc(N3CC[C@@](C)(C4CC4)C3=O)cc(C)n2)cc(C(C=NC(F)F)=CN)c1. The highest BCUT2D eigenvalue weighted by Crippen LogP contribution is 2.51. The van der Waals surface area contributed by atoms with Crippen molar-refractivity contribution in [3.05, 3.63) is 64.6 Å². The Labute approximate surface area is 209 Å². The molecule has 1 aliphatic carbocycles. The van der Waals surface area contributed by atoms with Gasteiger partial charge < -0.3 is 16.0 Å². The van der Waals surface area contributed by atoms with Crippen molar-refractivity contribution in [1.82, 2.24) is 10.3 Å². The Kier molecular flexibility index (Phi) is 7.19. The number of carbonyl (C=O) groups excluding carboxylic acids is 2. The topological polar surface area (TPSA) is 101 Å². The van der Waals surface area contributed by atoms with E-state index in [1.54, 1.807) is 30.0 Å². The number of amides is 2. The summed E-state index contributed by atoms with van der Waals surface area (Å²) in [4.78, 5) is 35.4. The first kappa shape index (κ1) is 25.5. The van der Waals surface area contributed by atoms with Gasteiger partial charge in [-0.3, -0.25) is 9.59 Å². The van der Waals surface area contributed by atoms with Crippen molar-refractivity contribution < 1.29 is 18.4 Å². The number of anilines is 1. The molecule has 0 spiro atoms. The van der Waals surface area contributed by atoms with Crippen LogP contribution in [0.3, 0.4) is 0 Å². The van der Waals surface area contributed by atoms with Crippen LogP contribution in [0.25, 0.3) is 5.57 Å². The van der Waals surface area contributed by atoms with Gasteiger partial charge in [0.2, 0.25) is 5.91 Å². The number of hydrogen-bond acceptors (Lipinski definition) is 5. The summed E-state index contributed by atoms with van der Waals surface area (Å²) in [6, 6.07) is 8.95. The highest BCUT2D eigenvalue weighted by atomic mass is 19.3. The number of alkyl halides is 2. The molecule has 1 aromatic carbocycles. The second-order valence-electron chi connectivity index (χ2n) is 9.82. The number of carbonyl (C=O) groups is 2. The normalized spacial score (nSPS) is 20.6. The number of aromatic nitrogens is 1. The van der Waals surface area contributed by atoms with E-state index in [1.165, 1.54) is 6.20 Å². The van der Waals surface area contributed by atoms with Crippen molar-refractivity contribution in [3.63, 3.8) is 0 Å². The number of nitrogens with two attached hydrogens (primary N) is 1. The molecule has 2 aromatic rings.